The molecule has 0 N–H and O–H groups in total. The number of nitrogens with zero attached hydrogens (tertiary/aromatic N) is 2. The second-order valence-electron chi connectivity index (χ2n) is 7.35. The molecule has 29 heavy (non-hydrogen) atoms. The van der Waals surface area contributed by atoms with Crippen LogP contribution in [-0.4, -0.2) is 32.6 Å². The lowest BCUT2D eigenvalue weighted by Crippen LogP contribution is -2.30. The molecule has 3 aromatic rings. The monoisotopic (exact) mass is 432 g/mol. The minimum atomic E-state index is -3.78. The van der Waals surface area contributed by atoms with Crippen LogP contribution in [0.15, 0.2) is 47.5 Å². The lowest BCUT2D eigenvalue weighted by Gasteiger charge is -2.30. The van der Waals surface area contributed by atoms with Crippen LogP contribution >= 0.6 is 11.6 Å². The van der Waals surface area contributed by atoms with Crippen LogP contribution in [0.4, 0.5) is 5.69 Å². The number of rotatable bonds is 5. The minimum Gasteiger partial charge on any atom is -0.495 e. The van der Waals surface area contributed by atoms with Crippen LogP contribution in [0.3, 0.4) is 0 Å². The van der Waals surface area contributed by atoms with E-state index < -0.39 is 10.0 Å². The first-order valence-electron chi connectivity index (χ1n) is 9.93. The molecule has 7 heteroatoms. The van der Waals surface area contributed by atoms with Gasteiger partial charge in [-0.2, -0.15) is 0 Å². The van der Waals surface area contributed by atoms with E-state index in [1.807, 2.05) is 13.0 Å². The first-order valence-corrected chi connectivity index (χ1v) is 11.8. The number of ether oxygens (including phenoxy) is 1. The first-order chi connectivity index (χ1) is 14.0. The van der Waals surface area contributed by atoms with Crippen molar-refractivity contribution in [2.45, 2.75) is 37.5 Å². The van der Waals surface area contributed by atoms with E-state index in [0.717, 1.165) is 49.0 Å². The number of piperidine rings is 1. The number of halogens is 1. The summed E-state index contributed by atoms with van der Waals surface area (Å²) in [4.78, 5) is 2.46. The number of anilines is 1. The zero-order chi connectivity index (χ0) is 20.6. The van der Waals surface area contributed by atoms with Crippen LogP contribution in [0.25, 0.3) is 10.9 Å². The van der Waals surface area contributed by atoms with Gasteiger partial charge in [0, 0.05) is 29.7 Å². The van der Waals surface area contributed by atoms with Crippen LogP contribution in [0, 0.1) is 0 Å². The van der Waals surface area contributed by atoms with Crippen molar-refractivity contribution in [2.24, 2.45) is 0 Å². The minimum absolute atomic E-state index is 0.249. The summed E-state index contributed by atoms with van der Waals surface area (Å²) in [5.74, 6) is 0.695. The molecule has 2 heterocycles. The third-order valence-corrected chi connectivity index (χ3v) is 7.51. The Morgan fingerprint density at radius 2 is 1.83 bits per heavy atom. The van der Waals surface area contributed by atoms with E-state index in [4.69, 9.17) is 16.3 Å². The fraction of sp³-hybridized carbons (Fsp3) is 0.364. The zero-order valence-corrected chi connectivity index (χ0v) is 18.3. The molecule has 0 unspecified atom stereocenters. The predicted octanol–water partition coefficient (Wildman–Crippen LogP) is 5.09. The number of hydrogen-bond acceptors (Lipinski definition) is 4. The van der Waals surface area contributed by atoms with Crippen molar-refractivity contribution in [3.05, 3.63) is 53.2 Å². The highest BCUT2D eigenvalue weighted by atomic mass is 35.5. The normalized spacial score (nSPS) is 15.1. The standard InChI is InChI=1S/C22H25ClN2O3S/c1-3-16-15-25(20-13-17(23)7-9-19(16)20)29(26,27)18-8-10-22(28-2)21(14-18)24-11-5-4-6-12-24/h7-10,13-15H,3-6,11-12H2,1-2H3. The predicted molar refractivity (Wildman–Crippen MR) is 118 cm³/mol. The number of methoxy groups -OCH3 is 1. The molecule has 1 aliphatic heterocycles. The van der Waals surface area contributed by atoms with Gasteiger partial charge in [-0.25, -0.2) is 12.4 Å². The number of fused-ring (bicyclic) bond motifs is 1. The molecule has 0 bridgehead atoms. The van der Waals surface area contributed by atoms with Gasteiger partial charge in [-0.05, 0) is 61.6 Å². The molecule has 4 rings (SSSR count). The van der Waals surface area contributed by atoms with Crippen LogP contribution in [-0.2, 0) is 16.4 Å². The molecule has 1 aliphatic rings. The molecule has 5 nitrogen and oxygen atoms in total. The lowest BCUT2D eigenvalue weighted by atomic mass is 10.1. The van der Waals surface area contributed by atoms with Gasteiger partial charge in [0.05, 0.1) is 23.2 Å². The number of aryl methyl sites for hydroxylation is 1. The molecule has 0 aliphatic carbocycles. The summed E-state index contributed by atoms with van der Waals surface area (Å²) in [6.45, 7) is 3.83. The van der Waals surface area contributed by atoms with Gasteiger partial charge in [0.25, 0.3) is 10.0 Å². The smallest absolute Gasteiger partial charge is 0.268 e. The Labute approximate surface area is 176 Å². The van der Waals surface area contributed by atoms with Gasteiger partial charge in [0.2, 0.25) is 0 Å². The highest BCUT2D eigenvalue weighted by molar-refractivity contribution is 7.90. The Balaban J connectivity index is 1.86. The van der Waals surface area contributed by atoms with Gasteiger partial charge in [0.1, 0.15) is 5.75 Å². The van der Waals surface area contributed by atoms with Gasteiger partial charge in [-0.3, -0.25) is 0 Å². The maximum Gasteiger partial charge on any atom is 0.268 e. The summed E-state index contributed by atoms with van der Waals surface area (Å²) in [6.07, 6.45) is 5.84. The van der Waals surface area contributed by atoms with Crippen molar-refractivity contribution in [3.8, 4) is 5.75 Å². The maximum absolute atomic E-state index is 13.6. The maximum atomic E-state index is 13.6. The Bertz CT molecular complexity index is 1150. The summed E-state index contributed by atoms with van der Waals surface area (Å²) in [5, 5.41) is 1.42. The Morgan fingerprint density at radius 3 is 2.52 bits per heavy atom. The average molecular weight is 433 g/mol. The first kappa shape index (κ1) is 20.1. The Hall–Kier alpha value is -2.18. The average Bonchev–Trinajstić information content (AvgIpc) is 3.12. The highest BCUT2D eigenvalue weighted by Crippen LogP contribution is 2.35. The second-order valence-corrected chi connectivity index (χ2v) is 9.60. The van der Waals surface area contributed by atoms with E-state index in [2.05, 4.69) is 4.90 Å². The summed E-state index contributed by atoms with van der Waals surface area (Å²) >= 11 is 6.17. The lowest BCUT2D eigenvalue weighted by molar-refractivity contribution is 0.412. The van der Waals surface area contributed by atoms with E-state index in [1.165, 1.54) is 10.4 Å². The van der Waals surface area contributed by atoms with Crippen molar-refractivity contribution >= 4 is 38.2 Å². The molecular weight excluding hydrogens is 408 g/mol. The van der Waals surface area contributed by atoms with Gasteiger partial charge in [-0.15, -0.1) is 0 Å². The molecule has 154 valence electrons. The Kier molecular flexibility index (Phi) is 5.49. The molecule has 0 spiro atoms. The van der Waals surface area contributed by atoms with Gasteiger partial charge < -0.3 is 9.64 Å². The molecule has 1 saturated heterocycles. The summed E-state index contributed by atoms with van der Waals surface area (Å²) in [5.41, 5.74) is 2.41. The molecule has 1 fully saturated rings. The van der Waals surface area contributed by atoms with Crippen molar-refractivity contribution in [1.29, 1.82) is 0 Å². The second kappa shape index (κ2) is 7.92. The van der Waals surface area contributed by atoms with E-state index >= 15 is 0 Å². The molecule has 0 radical (unpaired) electrons. The van der Waals surface area contributed by atoms with Crippen LogP contribution in [0.2, 0.25) is 5.02 Å². The van der Waals surface area contributed by atoms with Gasteiger partial charge >= 0.3 is 0 Å². The van der Waals surface area contributed by atoms with Crippen LogP contribution in [0.5, 0.6) is 5.75 Å². The molecule has 0 amide bonds. The summed E-state index contributed by atoms with van der Waals surface area (Å²) < 4.78 is 34.0. The van der Waals surface area contributed by atoms with E-state index in [0.29, 0.717) is 16.3 Å². The SMILES string of the molecule is CCc1cn(S(=O)(=O)c2ccc(OC)c(N3CCCCC3)c2)c2cc(Cl)ccc12. The van der Waals surface area contributed by atoms with Crippen LogP contribution < -0.4 is 9.64 Å². The van der Waals surface area contributed by atoms with Crippen molar-refractivity contribution in [2.75, 3.05) is 25.1 Å². The Morgan fingerprint density at radius 1 is 1.07 bits per heavy atom. The molecule has 0 atom stereocenters. The third-order valence-electron chi connectivity index (χ3n) is 5.60. The third kappa shape index (κ3) is 3.60. The van der Waals surface area contributed by atoms with Gasteiger partial charge in [-0.1, -0.05) is 24.6 Å². The summed E-state index contributed by atoms with van der Waals surface area (Å²) in [6, 6.07) is 10.5. The quantitative estimate of drug-likeness (QED) is 0.563. The van der Waals surface area contributed by atoms with Crippen LogP contribution in [0.1, 0.15) is 31.7 Å². The zero-order valence-electron chi connectivity index (χ0n) is 16.7. The van der Waals surface area contributed by atoms with E-state index in [-0.39, 0.29) is 4.90 Å². The van der Waals surface area contributed by atoms with Crippen molar-refractivity contribution < 1.29 is 13.2 Å². The van der Waals surface area contributed by atoms with E-state index in [9.17, 15) is 8.42 Å². The molecule has 1 aromatic heterocycles. The van der Waals surface area contributed by atoms with Crippen molar-refractivity contribution in [3.63, 3.8) is 0 Å². The van der Waals surface area contributed by atoms with Gasteiger partial charge in [0.15, 0.2) is 0 Å². The molecule has 0 saturated carbocycles. The number of benzene rings is 2. The number of hydrogen-bond donors (Lipinski definition) is 0. The van der Waals surface area contributed by atoms with E-state index in [1.54, 1.807) is 43.6 Å². The fourth-order valence-corrected chi connectivity index (χ4v) is 5.62. The number of aromatic nitrogens is 1. The van der Waals surface area contributed by atoms with Crippen molar-refractivity contribution in [1.82, 2.24) is 3.97 Å². The molecule has 2 aromatic carbocycles. The topological polar surface area (TPSA) is 51.5 Å². The highest BCUT2D eigenvalue weighted by Gasteiger charge is 2.24. The largest absolute Gasteiger partial charge is 0.495 e. The fourth-order valence-electron chi connectivity index (χ4n) is 4.05. The molecular formula is C22H25ClN2O3S. The summed E-state index contributed by atoms with van der Waals surface area (Å²) in [7, 11) is -2.16.